The summed E-state index contributed by atoms with van der Waals surface area (Å²) in [6.07, 6.45) is 7.29. The van der Waals surface area contributed by atoms with E-state index in [0.717, 1.165) is 73.0 Å². The average molecular weight is 1200 g/mol. The molecule has 2 aromatic carbocycles. The number of amidine groups is 2. The van der Waals surface area contributed by atoms with Gasteiger partial charge in [0.2, 0.25) is 11.7 Å². The number of halogens is 3. The molecule has 9 N–H and O–H groups in total. The Labute approximate surface area is 429 Å². The van der Waals surface area contributed by atoms with Crippen molar-refractivity contribution in [1.82, 2.24) is 10.6 Å². The number of hydrogen-bond donors (Lipinski definition) is 7. The minimum Gasteiger partial charge on any atom is -1.00 e. The van der Waals surface area contributed by atoms with Gasteiger partial charge >= 0.3 is 5.97 Å². The molecule has 2 atom stereocenters. The number of amides is 3. The Hall–Kier alpha value is -3.55. The van der Waals surface area contributed by atoms with Gasteiger partial charge in [0.1, 0.15) is 23.6 Å². The van der Waals surface area contributed by atoms with Crippen molar-refractivity contribution >= 4 is 112 Å². The first kappa shape index (κ1) is 54.8. The summed E-state index contributed by atoms with van der Waals surface area (Å²) in [5.41, 5.74) is 15.2. The van der Waals surface area contributed by atoms with Gasteiger partial charge in [0.25, 0.3) is 11.8 Å². The maximum absolute atomic E-state index is 12.9. The average Bonchev–Trinajstić information content (AvgIpc) is 3.90. The van der Waals surface area contributed by atoms with E-state index in [1.54, 1.807) is 24.3 Å². The summed E-state index contributed by atoms with van der Waals surface area (Å²) in [5.74, 6) is 0.0747. The molecule has 0 bridgehead atoms. The van der Waals surface area contributed by atoms with E-state index < -0.39 is 24.0 Å². The molecule has 64 heavy (non-hydrogen) atoms. The molecule has 1 saturated heterocycles. The smallest absolute Gasteiger partial charge is 0.326 e. The molecule has 1 radical (unpaired) electrons. The van der Waals surface area contributed by atoms with Crippen molar-refractivity contribution in [2.75, 3.05) is 29.0 Å². The topological polar surface area (TPSA) is 207 Å². The van der Waals surface area contributed by atoms with Gasteiger partial charge in [0.15, 0.2) is 0 Å². The van der Waals surface area contributed by atoms with Crippen LogP contribution in [0.4, 0.5) is 22.7 Å². The Balaban J connectivity index is 0.000000513. The second-order valence-corrected chi connectivity index (χ2v) is 19.1. The van der Waals surface area contributed by atoms with Crippen molar-refractivity contribution < 1.29 is 72.4 Å². The quantitative estimate of drug-likeness (QED) is 0.0529. The van der Waals surface area contributed by atoms with Crippen LogP contribution in [-0.2, 0) is 9.59 Å². The minimum absolute atomic E-state index is 0. The molecule has 20 heteroatoms. The number of thiophene rings is 2. The van der Waals surface area contributed by atoms with Crippen LogP contribution in [0.5, 0.6) is 0 Å². The second-order valence-electron chi connectivity index (χ2n) is 15.6. The third-order valence-electron chi connectivity index (χ3n) is 9.67. The van der Waals surface area contributed by atoms with Crippen molar-refractivity contribution in [1.29, 1.82) is 8.08 Å². The first-order valence-corrected chi connectivity index (χ1v) is 22.7. The number of hydrogen-bond acceptors (Lipinski definition) is 9. The van der Waals surface area contributed by atoms with Gasteiger partial charge in [0, 0.05) is 67.6 Å². The number of benzene rings is 2. The zero-order valence-corrected chi connectivity index (χ0v) is 44.5. The van der Waals surface area contributed by atoms with Gasteiger partial charge in [-0.25, -0.2) is 9.37 Å². The molecule has 6 rings (SSSR count). The number of carbonyl (C=O) groups is 4. The second kappa shape index (κ2) is 29.2. The summed E-state index contributed by atoms with van der Waals surface area (Å²) in [7, 11) is 0.500. The van der Waals surface area contributed by atoms with Crippen molar-refractivity contribution in [3.63, 3.8) is 0 Å². The third-order valence-corrected chi connectivity index (χ3v) is 12.1. The molecule has 4 aromatic rings. The Morgan fingerprint density at radius 2 is 1.33 bits per heavy atom. The Kier molecular flexibility index (Phi) is 25.0. The standard InChI is InChI=1S/C22H27ClN4O2S.C11H14ClNO3S.C11H15N3.BH2.ClH.U/c1-14(2)13-17(26-22(29)18-10-11-19(23)30-18)21(28)25-15-6-8-16(9-7-15)27-12-4-3-5-20(27)24;1-6(2)5-7(11(15)16)13-10(14)8-3-4-9(12)17-8;12-9-4-6-10(7-5-9)14-8-2-1-3-11(14)13;;;/h6-11,14,17,24H,3-5,12-13H2,1-2H3,(H,25,28)(H,26,29);3-4,6-7H,5H2,1-2H3,(H,13,14)(H,15,16);4-7,13H,1-3,8,12H2;1H2;1H;/t17-;7-;;;;/m11..../s1/i;;;1T2;;. The third kappa shape index (κ3) is 19.1. The molecule has 1 fully saturated rings. The van der Waals surface area contributed by atoms with Crippen molar-refractivity contribution in [2.45, 2.75) is 91.1 Å². The van der Waals surface area contributed by atoms with Crippen molar-refractivity contribution in [3.05, 3.63) is 91.2 Å². The van der Waals surface area contributed by atoms with Gasteiger partial charge in [-0.05, 0) is 126 Å². The summed E-state index contributed by atoms with van der Waals surface area (Å²) >= 11 is 13.9. The van der Waals surface area contributed by atoms with E-state index in [2.05, 4.69) is 20.5 Å². The van der Waals surface area contributed by atoms with Gasteiger partial charge in [-0.3, -0.25) is 25.5 Å². The van der Waals surface area contributed by atoms with Crippen LogP contribution in [0.2, 0.25) is 8.67 Å². The molecule has 13 nitrogen and oxygen atoms in total. The fourth-order valence-corrected chi connectivity index (χ4v) is 8.49. The normalized spacial score (nSPS) is 14.4. The molecule has 0 unspecified atom stereocenters. The zero-order chi connectivity index (χ0) is 47.3. The number of aliphatic carboxylic acids is 1. The summed E-state index contributed by atoms with van der Waals surface area (Å²) in [4.78, 5) is 51.0. The fourth-order valence-electron chi connectivity index (χ4n) is 6.60. The van der Waals surface area contributed by atoms with Gasteiger partial charge < -0.3 is 44.1 Å². The number of rotatable bonds is 13. The van der Waals surface area contributed by atoms with Crippen LogP contribution >= 0.6 is 45.9 Å². The molecular weight excluding hydrogens is 1140 g/mol. The van der Waals surface area contributed by atoms with E-state index in [-0.39, 0.29) is 67.2 Å². The van der Waals surface area contributed by atoms with Crippen LogP contribution in [0.1, 0.15) is 98.4 Å². The number of nitrogens with zero attached hydrogens (tertiary/aromatic N) is 2. The fraction of sp³-hybridized carbons (Fsp3) is 0.409. The predicted molar refractivity (Wildman–Crippen MR) is 259 cm³/mol. The maximum atomic E-state index is 12.9. The number of nitrogen functional groups attached to an aromatic ring is 1. The number of carboxylic acids is 1. The monoisotopic (exact) mass is 1200 g/mol. The van der Waals surface area contributed by atoms with Crippen molar-refractivity contribution in [2.24, 2.45) is 17.6 Å². The van der Waals surface area contributed by atoms with Crippen molar-refractivity contribution in [3.8, 4) is 0 Å². The summed E-state index contributed by atoms with van der Waals surface area (Å²) in [6.45, 7) is 9.71. The molecule has 4 heterocycles. The number of anilines is 3. The van der Waals surface area contributed by atoms with Gasteiger partial charge in [-0.1, -0.05) is 50.9 Å². The van der Waals surface area contributed by atoms with E-state index in [1.165, 1.54) is 24.2 Å². The van der Waals surface area contributed by atoms with Gasteiger partial charge in [-0.15, -0.1) is 22.7 Å². The number of piperidine rings is 1. The van der Waals surface area contributed by atoms with Crippen LogP contribution in [-0.4, -0.2) is 81.2 Å². The van der Waals surface area contributed by atoms with Crippen LogP contribution < -0.4 is 44.7 Å². The van der Waals surface area contributed by atoms with E-state index in [1.807, 2.05) is 81.1 Å². The molecule has 0 aliphatic carbocycles. The Morgan fingerprint density at radius 1 is 0.812 bits per heavy atom. The largest absolute Gasteiger partial charge is 1.00 e. The van der Waals surface area contributed by atoms with Crippen LogP contribution in [0.25, 0.3) is 0 Å². The minimum atomic E-state index is -1.02. The molecule has 2 aromatic heterocycles. The van der Waals surface area contributed by atoms with E-state index >= 15 is 0 Å². The SMILES string of the molecule is CC(C)C[C@@H](NC(=O)c1ccc(Cl)s1)C(=O)Nc1ccc(N2CCCCC2=N)cc1.CC(C)C[C@@H](NC(=O)c1ccc(Cl)s1)C(=O)O.NC1=[N+](c2ccc(N)cc2)CCCC1.[3H][B][3H].[Cl-].[U]. The Bertz CT molecular complexity index is 2190. The van der Waals surface area contributed by atoms with E-state index in [4.69, 9.17) is 47.9 Å². The van der Waals surface area contributed by atoms with Gasteiger partial charge in [-0.2, -0.15) is 0 Å². The summed E-state index contributed by atoms with van der Waals surface area (Å²) in [6, 6.07) is 20.4. The number of nitrogens with two attached hydrogens (primary N) is 2. The number of carboxylic acid groups (broad SMARTS) is 1. The summed E-state index contributed by atoms with van der Waals surface area (Å²) < 4.78 is 14.7. The molecular formula is C44H59BCl3N8O5S2U. The van der Waals surface area contributed by atoms with Crippen LogP contribution in [0.3, 0.4) is 0 Å². The first-order chi connectivity index (χ1) is 30.4. The predicted octanol–water partition coefficient (Wildman–Crippen LogP) is 5.32. The number of carbonyl (C=O) groups excluding carboxylic acids is 3. The maximum Gasteiger partial charge on any atom is 0.326 e. The molecule has 0 saturated carbocycles. The van der Waals surface area contributed by atoms with Gasteiger partial charge in [0.05, 0.1) is 33.3 Å². The molecule has 345 valence electrons. The number of nitrogens with one attached hydrogen (secondary N) is 4. The van der Waals surface area contributed by atoms with E-state index in [0.29, 0.717) is 51.1 Å². The molecule has 0 spiro atoms. The molecule has 2 aliphatic heterocycles. The van der Waals surface area contributed by atoms with Crippen LogP contribution in [0.15, 0.2) is 72.8 Å². The van der Waals surface area contributed by atoms with Crippen LogP contribution in [0, 0.1) is 48.4 Å². The summed E-state index contributed by atoms with van der Waals surface area (Å²) in [5, 5.41) is 25.3. The van der Waals surface area contributed by atoms with E-state index in [9.17, 15) is 19.2 Å². The zero-order valence-electron chi connectivity index (χ0n) is 38.5. The molecule has 2 aliphatic rings. The molecule has 3 amide bonds. The first-order valence-electron chi connectivity index (χ1n) is 21.5. The Morgan fingerprint density at radius 3 is 1.80 bits per heavy atom.